The third-order valence-electron chi connectivity index (χ3n) is 5.82. The Kier molecular flexibility index (Phi) is 5.78. The van der Waals surface area contributed by atoms with Crippen LogP contribution in [0.5, 0.6) is 5.75 Å². The van der Waals surface area contributed by atoms with E-state index in [2.05, 4.69) is 14.8 Å². The van der Waals surface area contributed by atoms with Gasteiger partial charge in [0.1, 0.15) is 17.4 Å². The Balaban J connectivity index is 1.32. The van der Waals surface area contributed by atoms with Crippen molar-refractivity contribution in [2.75, 3.05) is 32.8 Å². The van der Waals surface area contributed by atoms with Gasteiger partial charge in [-0.15, -0.1) is 10.2 Å². The molecule has 0 bridgehead atoms. The average Bonchev–Trinajstić information content (AvgIpc) is 3.03. The Labute approximate surface area is 170 Å². The number of para-hydroxylation sites is 1. The van der Waals surface area contributed by atoms with Crippen molar-refractivity contribution in [3.8, 4) is 5.75 Å². The van der Waals surface area contributed by atoms with Crippen LogP contribution in [0.3, 0.4) is 0 Å². The Morgan fingerprint density at radius 1 is 1.00 bits per heavy atom. The monoisotopic (exact) mass is 397 g/mol. The first-order valence-corrected chi connectivity index (χ1v) is 10.2. The van der Waals surface area contributed by atoms with Crippen LogP contribution in [0, 0.1) is 0 Å². The van der Waals surface area contributed by atoms with Crippen molar-refractivity contribution in [2.45, 2.75) is 38.6 Å². The number of carbonyl (C=O) groups is 2. The van der Waals surface area contributed by atoms with Crippen molar-refractivity contribution in [1.29, 1.82) is 0 Å². The second-order valence-electron chi connectivity index (χ2n) is 7.64. The zero-order valence-corrected chi connectivity index (χ0v) is 16.8. The van der Waals surface area contributed by atoms with Gasteiger partial charge in [-0.2, -0.15) is 0 Å². The number of hydrogen-bond donors (Lipinski definition) is 0. The molecule has 8 heteroatoms. The number of aromatic nitrogens is 3. The van der Waals surface area contributed by atoms with Gasteiger partial charge in [0, 0.05) is 52.0 Å². The third kappa shape index (κ3) is 4.41. The van der Waals surface area contributed by atoms with Gasteiger partial charge in [0.05, 0.1) is 0 Å². The van der Waals surface area contributed by atoms with Crippen LogP contribution in [0.1, 0.15) is 37.3 Å². The standard InChI is InChI=1S/C21H27N5O3/c1-16(27)24-12-9-19-22-23-21(26(19)14-13-24)17-7-10-25(11-8-17)20(28)15-29-18-5-3-2-4-6-18/h2-6,17H,7-15H2,1H3. The molecule has 0 saturated carbocycles. The molecule has 2 aliphatic rings. The number of nitrogens with zero attached hydrogens (tertiary/aromatic N) is 5. The molecule has 29 heavy (non-hydrogen) atoms. The molecule has 8 nitrogen and oxygen atoms in total. The van der Waals surface area contributed by atoms with E-state index in [1.807, 2.05) is 40.1 Å². The molecule has 2 amide bonds. The lowest BCUT2D eigenvalue weighted by Crippen LogP contribution is -2.41. The molecule has 4 rings (SSSR count). The minimum Gasteiger partial charge on any atom is -0.484 e. The van der Waals surface area contributed by atoms with Crippen molar-refractivity contribution in [3.05, 3.63) is 42.0 Å². The van der Waals surface area contributed by atoms with E-state index in [9.17, 15) is 9.59 Å². The average molecular weight is 397 g/mol. The summed E-state index contributed by atoms with van der Waals surface area (Å²) in [5.74, 6) is 3.08. The van der Waals surface area contributed by atoms with Crippen LogP contribution >= 0.6 is 0 Å². The van der Waals surface area contributed by atoms with Crippen LogP contribution in [-0.2, 0) is 22.6 Å². The van der Waals surface area contributed by atoms with Crippen LogP contribution in [0.4, 0.5) is 0 Å². The molecule has 0 aliphatic carbocycles. The summed E-state index contributed by atoms with van der Waals surface area (Å²) in [6.07, 6.45) is 2.47. The topological polar surface area (TPSA) is 80.6 Å². The summed E-state index contributed by atoms with van der Waals surface area (Å²) in [7, 11) is 0. The number of rotatable bonds is 4. The highest BCUT2D eigenvalue weighted by molar-refractivity contribution is 5.77. The Morgan fingerprint density at radius 2 is 1.76 bits per heavy atom. The van der Waals surface area contributed by atoms with Gasteiger partial charge in [0.15, 0.2) is 6.61 Å². The van der Waals surface area contributed by atoms with Gasteiger partial charge in [0.25, 0.3) is 5.91 Å². The van der Waals surface area contributed by atoms with Gasteiger partial charge in [0.2, 0.25) is 5.91 Å². The predicted octanol–water partition coefficient (Wildman–Crippen LogP) is 1.47. The summed E-state index contributed by atoms with van der Waals surface area (Å²) in [4.78, 5) is 27.9. The first-order chi connectivity index (χ1) is 14.1. The number of fused-ring (bicyclic) bond motifs is 1. The van der Waals surface area contributed by atoms with Crippen LogP contribution < -0.4 is 4.74 Å². The van der Waals surface area contributed by atoms with E-state index in [0.717, 1.165) is 37.5 Å². The van der Waals surface area contributed by atoms with Crippen LogP contribution in [-0.4, -0.2) is 69.2 Å². The Hall–Kier alpha value is -2.90. The molecule has 1 saturated heterocycles. The minimum atomic E-state index is 0.0180. The first kappa shape index (κ1) is 19.4. The van der Waals surface area contributed by atoms with E-state index >= 15 is 0 Å². The smallest absolute Gasteiger partial charge is 0.260 e. The molecule has 0 N–H and O–H groups in total. The van der Waals surface area contributed by atoms with Gasteiger partial charge in [-0.05, 0) is 25.0 Å². The molecule has 2 aliphatic heterocycles. The molecule has 1 fully saturated rings. The number of benzene rings is 1. The highest BCUT2D eigenvalue weighted by atomic mass is 16.5. The number of likely N-dealkylation sites (tertiary alicyclic amines) is 1. The number of ether oxygens (including phenoxy) is 1. The van der Waals surface area contributed by atoms with Crippen molar-refractivity contribution in [2.24, 2.45) is 0 Å². The molecular weight excluding hydrogens is 370 g/mol. The van der Waals surface area contributed by atoms with E-state index in [4.69, 9.17) is 4.74 Å². The number of carbonyl (C=O) groups excluding carboxylic acids is 2. The van der Waals surface area contributed by atoms with Crippen molar-refractivity contribution in [1.82, 2.24) is 24.6 Å². The van der Waals surface area contributed by atoms with Crippen LogP contribution in [0.2, 0.25) is 0 Å². The van der Waals surface area contributed by atoms with E-state index in [1.165, 1.54) is 0 Å². The SMILES string of the molecule is CC(=O)N1CCc2nnc(C3CCN(C(=O)COc4ccccc4)CC3)n2CC1. The van der Waals surface area contributed by atoms with E-state index in [1.54, 1.807) is 6.92 Å². The summed E-state index contributed by atoms with van der Waals surface area (Å²) in [5.41, 5.74) is 0. The van der Waals surface area contributed by atoms with Crippen molar-refractivity contribution < 1.29 is 14.3 Å². The quantitative estimate of drug-likeness (QED) is 0.780. The predicted molar refractivity (Wildman–Crippen MR) is 106 cm³/mol. The number of hydrogen-bond acceptors (Lipinski definition) is 5. The molecule has 3 heterocycles. The fourth-order valence-electron chi connectivity index (χ4n) is 4.10. The zero-order valence-electron chi connectivity index (χ0n) is 16.8. The van der Waals surface area contributed by atoms with Gasteiger partial charge < -0.3 is 19.1 Å². The van der Waals surface area contributed by atoms with Crippen molar-refractivity contribution in [3.63, 3.8) is 0 Å². The normalized spacial score (nSPS) is 17.6. The molecule has 0 radical (unpaired) electrons. The Morgan fingerprint density at radius 3 is 2.48 bits per heavy atom. The third-order valence-corrected chi connectivity index (χ3v) is 5.82. The van der Waals surface area contributed by atoms with E-state index in [-0.39, 0.29) is 18.4 Å². The fraction of sp³-hybridized carbons (Fsp3) is 0.524. The lowest BCUT2D eigenvalue weighted by atomic mass is 9.96. The highest BCUT2D eigenvalue weighted by Crippen LogP contribution is 2.28. The summed E-state index contributed by atoms with van der Waals surface area (Å²) >= 11 is 0. The van der Waals surface area contributed by atoms with Gasteiger partial charge in [-0.1, -0.05) is 18.2 Å². The second kappa shape index (κ2) is 8.63. The molecule has 0 unspecified atom stereocenters. The maximum atomic E-state index is 12.5. The first-order valence-electron chi connectivity index (χ1n) is 10.2. The molecule has 2 aromatic rings. The summed E-state index contributed by atoms with van der Waals surface area (Å²) in [6.45, 7) is 5.20. The van der Waals surface area contributed by atoms with Gasteiger partial charge >= 0.3 is 0 Å². The molecule has 1 aromatic heterocycles. The van der Waals surface area contributed by atoms with E-state index < -0.39 is 0 Å². The molecule has 1 aromatic carbocycles. The summed E-state index contributed by atoms with van der Waals surface area (Å²) < 4.78 is 7.77. The largest absolute Gasteiger partial charge is 0.484 e. The lowest BCUT2D eigenvalue weighted by Gasteiger charge is -2.31. The molecule has 0 atom stereocenters. The van der Waals surface area contributed by atoms with Crippen LogP contribution in [0.25, 0.3) is 0 Å². The van der Waals surface area contributed by atoms with E-state index in [0.29, 0.717) is 37.8 Å². The zero-order chi connectivity index (χ0) is 20.2. The van der Waals surface area contributed by atoms with Gasteiger partial charge in [-0.3, -0.25) is 9.59 Å². The summed E-state index contributed by atoms with van der Waals surface area (Å²) in [6, 6.07) is 9.40. The minimum absolute atomic E-state index is 0.0180. The highest BCUT2D eigenvalue weighted by Gasteiger charge is 2.29. The Bertz CT molecular complexity index is 858. The molecular formula is C21H27N5O3. The molecule has 0 spiro atoms. The maximum absolute atomic E-state index is 12.5. The molecule has 154 valence electrons. The van der Waals surface area contributed by atoms with Crippen molar-refractivity contribution >= 4 is 11.8 Å². The second-order valence-corrected chi connectivity index (χ2v) is 7.64. The maximum Gasteiger partial charge on any atom is 0.260 e. The summed E-state index contributed by atoms with van der Waals surface area (Å²) in [5, 5.41) is 8.84. The number of amides is 2. The number of piperidine rings is 1. The van der Waals surface area contributed by atoms with Crippen LogP contribution in [0.15, 0.2) is 30.3 Å². The lowest BCUT2D eigenvalue weighted by molar-refractivity contribution is -0.134. The fourth-order valence-corrected chi connectivity index (χ4v) is 4.10. The van der Waals surface area contributed by atoms with Gasteiger partial charge in [-0.25, -0.2) is 0 Å².